The molecule has 1 aromatic heterocycles. The molecule has 0 bridgehead atoms. The lowest BCUT2D eigenvalue weighted by atomic mass is 9.90. The van der Waals surface area contributed by atoms with Crippen LogP contribution in [0, 0.1) is 5.92 Å². The van der Waals surface area contributed by atoms with Crippen LogP contribution >= 0.6 is 11.3 Å². The number of rotatable bonds is 2. The highest BCUT2D eigenvalue weighted by Gasteiger charge is 2.23. The second kappa shape index (κ2) is 5.86. The van der Waals surface area contributed by atoms with Crippen LogP contribution in [0.1, 0.15) is 46.3 Å². The highest BCUT2D eigenvalue weighted by Crippen LogP contribution is 2.32. The molecule has 0 saturated carbocycles. The van der Waals surface area contributed by atoms with Gasteiger partial charge in [-0.15, -0.1) is 11.3 Å². The van der Waals surface area contributed by atoms with Gasteiger partial charge in [0.25, 0.3) is 5.91 Å². The van der Waals surface area contributed by atoms with Gasteiger partial charge in [0.1, 0.15) is 0 Å². The van der Waals surface area contributed by atoms with Crippen molar-refractivity contribution in [3.05, 3.63) is 21.4 Å². The maximum absolute atomic E-state index is 12.4. The van der Waals surface area contributed by atoms with Crippen molar-refractivity contribution in [3.8, 4) is 0 Å². The number of thiophene rings is 1. The fourth-order valence-electron chi connectivity index (χ4n) is 3.23. The molecule has 1 fully saturated rings. The van der Waals surface area contributed by atoms with Crippen LogP contribution in [0.3, 0.4) is 0 Å². The molecule has 0 aromatic carbocycles. The lowest BCUT2D eigenvalue weighted by Crippen LogP contribution is -2.43. The van der Waals surface area contributed by atoms with Gasteiger partial charge in [-0.05, 0) is 69.8 Å². The zero-order valence-electron chi connectivity index (χ0n) is 12.4. The largest absolute Gasteiger partial charge is 0.349 e. The Labute approximate surface area is 125 Å². The van der Waals surface area contributed by atoms with E-state index in [4.69, 9.17) is 0 Å². The zero-order valence-corrected chi connectivity index (χ0v) is 13.3. The second-order valence-electron chi connectivity index (χ2n) is 6.46. The molecule has 4 heteroatoms. The van der Waals surface area contributed by atoms with Gasteiger partial charge in [0.2, 0.25) is 0 Å². The highest BCUT2D eigenvalue weighted by molar-refractivity contribution is 7.14. The first kappa shape index (κ1) is 14.1. The Morgan fingerprint density at radius 2 is 2.10 bits per heavy atom. The Bertz CT molecular complexity index is 489. The molecule has 3 nitrogen and oxygen atoms in total. The molecular weight excluding hydrogens is 268 g/mol. The van der Waals surface area contributed by atoms with E-state index in [9.17, 15) is 4.79 Å². The van der Waals surface area contributed by atoms with Gasteiger partial charge in [0.05, 0.1) is 4.88 Å². The summed E-state index contributed by atoms with van der Waals surface area (Å²) in [6, 6.07) is 2.50. The van der Waals surface area contributed by atoms with Crippen LogP contribution in [0.5, 0.6) is 0 Å². The first-order valence-electron chi connectivity index (χ1n) is 7.73. The molecule has 110 valence electrons. The minimum absolute atomic E-state index is 0.145. The van der Waals surface area contributed by atoms with Crippen molar-refractivity contribution >= 4 is 17.2 Å². The molecule has 1 saturated heterocycles. The molecule has 1 amide bonds. The van der Waals surface area contributed by atoms with Gasteiger partial charge in [-0.25, -0.2) is 0 Å². The predicted molar refractivity (Wildman–Crippen MR) is 83.5 cm³/mol. The number of amides is 1. The molecule has 2 aliphatic rings. The topological polar surface area (TPSA) is 32.3 Å². The van der Waals surface area contributed by atoms with E-state index in [-0.39, 0.29) is 5.91 Å². The number of hydrogen-bond donors (Lipinski definition) is 1. The predicted octanol–water partition coefficient (Wildman–Crippen LogP) is 2.70. The number of likely N-dealkylation sites (tertiary alicyclic amines) is 1. The Morgan fingerprint density at radius 1 is 1.35 bits per heavy atom. The van der Waals surface area contributed by atoms with Gasteiger partial charge in [0, 0.05) is 10.9 Å². The average Bonchev–Trinajstić information content (AvgIpc) is 2.84. The van der Waals surface area contributed by atoms with Crippen LogP contribution < -0.4 is 5.32 Å². The van der Waals surface area contributed by atoms with E-state index < -0.39 is 0 Å². The SMILES string of the molecule is C[C@H]1CCc2sc(C(=O)NC3CCN(C)CC3)cc2C1. The van der Waals surface area contributed by atoms with Crippen molar-refractivity contribution < 1.29 is 4.79 Å². The maximum Gasteiger partial charge on any atom is 0.261 e. The van der Waals surface area contributed by atoms with Gasteiger partial charge in [-0.1, -0.05) is 6.92 Å². The van der Waals surface area contributed by atoms with Crippen LogP contribution in [0.4, 0.5) is 0 Å². The third-order valence-corrected chi connectivity index (χ3v) is 5.84. The lowest BCUT2D eigenvalue weighted by molar-refractivity contribution is 0.0921. The van der Waals surface area contributed by atoms with Crippen molar-refractivity contribution in [1.29, 1.82) is 0 Å². The van der Waals surface area contributed by atoms with Gasteiger partial charge in [0.15, 0.2) is 0 Å². The van der Waals surface area contributed by atoms with Crippen LogP contribution in [0.25, 0.3) is 0 Å². The van der Waals surface area contributed by atoms with Gasteiger partial charge < -0.3 is 10.2 Å². The van der Waals surface area contributed by atoms with E-state index in [0.29, 0.717) is 6.04 Å². The van der Waals surface area contributed by atoms with Crippen molar-refractivity contribution in [3.63, 3.8) is 0 Å². The van der Waals surface area contributed by atoms with Crippen LogP contribution in [-0.2, 0) is 12.8 Å². The van der Waals surface area contributed by atoms with Crippen LogP contribution in [-0.4, -0.2) is 37.0 Å². The van der Waals surface area contributed by atoms with Crippen molar-refractivity contribution in [2.75, 3.05) is 20.1 Å². The quantitative estimate of drug-likeness (QED) is 0.909. The van der Waals surface area contributed by atoms with E-state index in [1.165, 1.54) is 16.9 Å². The molecule has 1 aliphatic carbocycles. The van der Waals surface area contributed by atoms with Gasteiger partial charge in [-0.2, -0.15) is 0 Å². The molecule has 20 heavy (non-hydrogen) atoms. The average molecular weight is 292 g/mol. The number of aryl methyl sites for hydroxylation is 1. The third-order valence-electron chi connectivity index (χ3n) is 4.61. The molecule has 1 aliphatic heterocycles. The second-order valence-corrected chi connectivity index (χ2v) is 7.59. The van der Waals surface area contributed by atoms with E-state index in [1.807, 2.05) is 0 Å². The smallest absolute Gasteiger partial charge is 0.261 e. The first-order chi connectivity index (χ1) is 9.61. The Morgan fingerprint density at radius 3 is 2.85 bits per heavy atom. The maximum atomic E-state index is 12.4. The van der Waals surface area contributed by atoms with Crippen molar-refractivity contribution in [2.45, 2.75) is 45.1 Å². The van der Waals surface area contributed by atoms with Gasteiger partial charge >= 0.3 is 0 Å². The number of fused-ring (bicyclic) bond motifs is 1. The number of carbonyl (C=O) groups is 1. The van der Waals surface area contributed by atoms with Crippen LogP contribution in [0.2, 0.25) is 0 Å². The number of hydrogen-bond acceptors (Lipinski definition) is 3. The standard InChI is InChI=1S/C16H24N2OS/c1-11-3-4-14-12(9-11)10-15(20-14)16(19)17-13-5-7-18(2)8-6-13/h10-11,13H,3-9H2,1-2H3,(H,17,19)/t11-/m0/s1. The summed E-state index contributed by atoms with van der Waals surface area (Å²) in [5.74, 6) is 0.911. The van der Waals surface area contributed by atoms with Crippen molar-refractivity contribution in [1.82, 2.24) is 10.2 Å². The zero-order chi connectivity index (χ0) is 14.1. The third kappa shape index (κ3) is 3.07. The first-order valence-corrected chi connectivity index (χ1v) is 8.54. The lowest BCUT2D eigenvalue weighted by Gasteiger charge is -2.29. The molecule has 0 spiro atoms. The summed E-state index contributed by atoms with van der Waals surface area (Å²) < 4.78 is 0. The number of nitrogens with one attached hydrogen (secondary N) is 1. The molecule has 1 N–H and O–H groups in total. The summed E-state index contributed by atoms with van der Waals surface area (Å²) in [5, 5.41) is 3.22. The normalized spacial score (nSPS) is 24.4. The highest BCUT2D eigenvalue weighted by atomic mass is 32.1. The minimum Gasteiger partial charge on any atom is -0.349 e. The molecular formula is C16H24N2OS. The molecule has 0 unspecified atom stereocenters. The summed E-state index contributed by atoms with van der Waals surface area (Å²) in [5.41, 5.74) is 1.42. The van der Waals surface area contributed by atoms with Crippen molar-refractivity contribution in [2.24, 2.45) is 5.92 Å². The summed E-state index contributed by atoms with van der Waals surface area (Å²) in [6.07, 6.45) is 5.72. The van der Waals surface area contributed by atoms with E-state index in [0.717, 1.165) is 49.6 Å². The Balaban J connectivity index is 1.63. The summed E-state index contributed by atoms with van der Waals surface area (Å²) in [4.78, 5) is 17.1. The van der Waals surface area contributed by atoms with E-state index >= 15 is 0 Å². The van der Waals surface area contributed by atoms with Gasteiger partial charge in [-0.3, -0.25) is 4.79 Å². The molecule has 1 aromatic rings. The van der Waals surface area contributed by atoms with E-state index in [1.54, 1.807) is 11.3 Å². The summed E-state index contributed by atoms with van der Waals surface area (Å²) in [6.45, 7) is 4.48. The fraction of sp³-hybridized carbons (Fsp3) is 0.688. The molecule has 0 radical (unpaired) electrons. The molecule has 1 atom stereocenters. The fourth-order valence-corrected chi connectivity index (χ4v) is 4.34. The minimum atomic E-state index is 0.145. The Hall–Kier alpha value is -0.870. The monoisotopic (exact) mass is 292 g/mol. The number of nitrogens with zero attached hydrogens (tertiary/aromatic N) is 1. The van der Waals surface area contributed by atoms with E-state index in [2.05, 4.69) is 30.3 Å². The number of carbonyl (C=O) groups excluding carboxylic acids is 1. The summed E-state index contributed by atoms with van der Waals surface area (Å²) in [7, 11) is 2.15. The molecule has 3 rings (SSSR count). The van der Waals surface area contributed by atoms with Crippen LogP contribution in [0.15, 0.2) is 6.07 Å². The Kier molecular flexibility index (Phi) is 4.13. The number of piperidine rings is 1. The summed E-state index contributed by atoms with van der Waals surface area (Å²) >= 11 is 1.71. The molecule has 2 heterocycles.